The first-order valence-corrected chi connectivity index (χ1v) is 8.56. The van der Waals surface area contributed by atoms with Gasteiger partial charge in [-0.15, -0.1) is 0 Å². The first-order valence-electron chi connectivity index (χ1n) is 8.56. The van der Waals surface area contributed by atoms with Crippen LogP contribution in [0.5, 0.6) is 0 Å². The number of amides is 1. The highest BCUT2D eigenvalue weighted by Gasteiger charge is 2.43. The van der Waals surface area contributed by atoms with E-state index in [0.29, 0.717) is 5.92 Å². The topological polar surface area (TPSA) is 20.3 Å². The van der Waals surface area contributed by atoms with Crippen LogP contribution in [0.1, 0.15) is 47.5 Å². The molecule has 0 spiro atoms. The second-order valence-corrected chi connectivity index (χ2v) is 6.95. The molecule has 2 bridgehead atoms. The van der Waals surface area contributed by atoms with E-state index in [2.05, 4.69) is 0 Å². The Morgan fingerprint density at radius 1 is 0.880 bits per heavy atom. The molecule has 4 rings (SSSR count). The molecule has 130 valence electrons. The minimum atomic E-state index is -1.00. The zero-order valence-corrected chi connectivity index (χ0v) is 13.6. The average Bonchev–Trinajstić information content (AvgIpc) is 2.87. The molecule has 0 aliphatic carbocycles. The van der Waals surface area contributed by atoms with Crippen molar-refractivity contribution < 1.29 is 18.0 Å². The summed E-state index contributed by atoms with van der Waals surface area (Å²) >= 11 is 0. The van der Waals surface area contributed by atoms with Crippen molar-refractivity contribution in [2.45, 2.75) is 43.7 Å². The zero-order chi connectivity index (χ0) is 17.6. The molecule has 2 heterocycles. The van der Waals surface area contributed by atoms with Crippen molar-refractivity contribution in [3.63, 3.8) is 0 Å². The van der Waals surface area contributed by atoms with Gasteiger partial charge in [0.25, 0.3) is 5.91 Å². The Bertz CT molecular complexity index is 791. The van der Waals surface area contributed by atoms with Crippen LogP contribution in [0.25, 0.3) is 0 Å². The van der Waals surface area contributed by atoms with Crippen LogP contribution in [0.4, 0.5) is 13.2 Å². The van der Waals surface area contributed by atoms with Crippen LogP contribution in [0.3, 0.4) is 0 Å². The molecule has 2 nitrogen and oxygen atoms in total. The Morgan fingerprint density at radius 2 is 1.52 bits per heavy atom. The van der Waals surface area contributed by atoms with Crippen LogP contribution in [0, 0.1) is 17.5 Å². The number of rotatable bonds is 2. The van der Waals surface area contributed by atoms with Gasteiger partial charge < -0.3 is 4.90 Å². The molecule has 2 aromatic rings. The average molecular weight is 345 g/mol. The van der Waals surface area contributed by atoms with Gasteiger partial charge in [0.2, 0.25) is 0 Å². The molecule has 3 atom stereocenters. The van der Waals surface area contributed by atoms with Gasteiger partial charge in [0.15, 0.2) is 11.6 Å². The summed E-state index contributed by atoms with van der Waals surface area (Å²) in [5.41, 5.74) is 1.29. The van der Waals surface area contributed by atoms with E-state index in [9.17, 15) is 18.0 Å². The third-order valence-electron chi connectivity index (χ3n) is 5.48. The van der Waals surface area contributed by atoms with Gasteiger partial charge in [0.1, 0.15) is 5.82 Å². The highest BCUT2D eigenvalue weighted by molar-refractivity contribution is 5.95. The maximum atomic E-state index is 13.5. The van der Waals surface area contributed by atoms with Gasteiger partial charge in [-0.25, -0.2) is 13.2 Å². The maximum Gasteiger partial charge on any atom is 0.254 e. The highest BCUT2D eigenvalue weighted by Crippen LogP contribution is 2.43. The molecule has 2 fully saturated rings. The molecule has 2 aliphatic heterocycles. The Hall–Kier alpha value is -2.30. The number of hydrogen-bond acceptors (Lipinski definition) is 1. The van der Waals surface area contributed by atoms with Crippen LogP contribution < -0.4 is 0 Å². The van der Waals surface area contributed by atoms with Crippen molar-refractivity contribution in [3.05, 3.63) is 71.0 Å². The molecule has 5 heteroatoms. The van der Waals surface area contributed by atoms with Gasteiger partial charge in [-0.3, -0.25) is 4.79 Å². The largest absolute Gasteiger partial charge is 0.333 e. The normalized spacial score (nSPS) is 25.2. The Morgan fingerprint density at radius 3 is 2.12 bits per heavy atom. The van der Waals surface area contributed by atoms with Crippen molar-refractivity contribution in [3.8, 4) is 0 Å². The summed E-state index contributed by atoms with van der Waals surface area (Å²) in [6, 6.07) is 10.1. The van der Waals surface area contributed by atoms with Crippen molar-refractivity contribution in [2.75, 3.05) is 0 Å². The zero-order valence-electron chi connectivity index (χ0n) is 13.6. The third kappa shape index (κ3) is 2.92. The number of carbonyl (C=O) groups is 1. The van der Waals surface area contributed by atoms with E-state index in [4.69, 9.17) is 0 Å². The minimum absolute atomic E-state index is 0.0921. The van der Waals surface area contributed by atoms with E-state index in [-0.39, 0.29) is 29.4 Å². The van der Waals surface area contributed by atoms with Crippen LogP contribution >= 0.6 is 0 Å². The first kappa shape index (κ1) is 16.2. The van der Waals surface area contributed by atoms with Crippen molar-refractivity contribution in [2.24, 2.45) is 0 Å². The van der Waals surface area contributed by atoms with Crippen LogP contribution in [0.15, 0.2) is 42.5 Å². The quantitative estimate of drug-likeness (QED) is 0.775. The van der Waals surface area contributed by atoms with Gasteiger partial charge in [0.05, 0.1) is 0 Å². The van der Waals surface area contributed by atoms with Gasteiger partial charge in [-0.1, -0.05) is 12.1 Å². The molecule has 0 unspecified atom stereocenters. The molecule has 0 radical (unpaired) electrons. The highest BCUT2D eigenvalue weighted by atomic mass is 19.2. The monoisotopic (exact) mass is 345 g/mol. The lowest BCUT2D eigenvalue weighted by molar-refractivity contribution is 0.0571. The molecule has 25 heavy (non-hydrogen) atoms. The lowest BCUT2D eigenvalue weighted by Crippen LogP contribution is -2.46. The molecule has 0 aromatic heterocycles. The smallest absolute Gasteiger partial charge is 0.254 e. The fourth-order valence-corrected chi connectivity index (χ4v) is 4.29. The second-order valence-electron chi connectivity index (χ2n) is 6.95. The van der Waals surface area contributed by atoms with Gasteiger partial charge in [-0.2, -0.15) is 0 Å². The van der Waals surface area contributed by atoms with Crippen LogP contribution in [-0.2, 0) is 0 Å². The number of fused-ring (bicyclic) bond motifs is 2. The van der Waals surface area contributed by atoms with E-state index < -0.39 is 11.6 Å². The molecule has 2 aromatic carbocycles. The van der Waals surface area contributed by atoms with E-state index in [1.165, 1.54) is 18.2 Å². The number of nitrogens with zero attached hydrogens (tertiary/aromatic N) is 1. The number of hydrogen-bond donors (Lipinski definition) is 0. The summed E-state index contributed by atoms with van der Waals surface area (Å²) in [4.78, 5) is 14.6. The fourth-order valence-electron chi connectivity index (χ4n) is 4.29. The molecule has 2 saturated heterocycles. The molecular formula is C20H18F3NO. The van der Waals surface area contributed by atoms with E-state index in [0.717, 1.165) is 43.4 Å². The fraction of sp³-hybridized carbons (Fsp3) is 0.350. The first-order chi connectivity index (χ1) is 12.0. The van der Waals surface area contributed by atoms with E-state index >= 15 is 0 Å². The Labute approximate surface area is 144 Å². The Kier molecular flexibility index (Phi) is 4.02. The summed E-state index contributed by atoms with van der Waals surface area (Å²) in [5, 5.41) is 0. The predicted molar refractivity (Wildman–Crippen MR) is 87.7 cm³/mol. The lowest BCUT2D eigenvalue weighted by Gasteiger charge is -2.39. The number of piperidine rings is 1. The summed E-state index contributed by atoms with van der Waals surface area (Å²) in [6.07, 6.45) is 3.46. The number of benzene rings is 2. The molecular weight excluding hydrogens is 327 g/mol. The van der Waals surface area contributed by atoms with Gasteiger partial charge in [-0.05, 0) is 67.5 Å². The SMILES string of the molecule is O=C(c1ccc(F)c(F)c1)N1[C@@H]2CC[C@H]1C[C@@H](c1ccc(F)cc1)C2. The summed E-state index contributed by atoms with van der Waals surface area (Å²) in [7, 11) is 0. The molecule has 2 aliphatic rings. The van der Waals surface area contributed by atoms with Crippen molar-refractivity contribution in [1.82, 2.24) is 4.90 Å². The number of carbonyl (C=O) groups excluding carboxylic acids is 1. The molecule has 0 N–H and O–H groups in total. The molecule has 0 saturated carbocycles. The third-order valence-corrected chi connectivity index (χ3v) is 5.48. The van der Waals surface area contributed by atoms with E-state index in [1.54, 1.807) is 0 Å². The standard InChI is InChI=1S/C20H18F3NO/c21-15-4-1-12(2-5-15)14-9-16-6-7-17(10-14)24(16)20(25)13-3-8-18(22)19(23)11-13/h1-5,8,11,14,16-17H,6-7,9-10H2/t14-,16+,17-. The van der Waals surface area contributed by atoms with Crippen LogP contribution in [0.2, 0.25) is 0 Å². The maximum absolute atomic E-state index is 13.5. The minimum Gasteiger partial charge on any atom is -0.333 e. The Balaban J connectivity index is 1.55. The predicted octanol–water partition coefficient (Wildman–Crippen LogP) is 4.65. The summed E-state index contributed by atoms with van der Waals surface area (Å²) in [5.74, 6) is -2.14. The summed E-state index contributed by atoms with van der Waals surface area (Å²) < 4.78 is 39.7. The van der Waals surface area contributed by atoms with Gasteiger partial charge >= 0.3 is 0 Å². The molecule has 1 amide bonds. The van der Waals surface area contributed by atoms with E-state index in [1.807, 2.05) is 17.0 Å². The van der Waals surface area contributed by atoms with Gasteiger partial charge in [0, 0.05) is 17.6 Å². The van der Waals surface area contributed by atoms with Crippen LogP contribution in [-0.4, -0.2) is 22.9 Å². The lowest BCUT2D eigenvalue weighted by atomic mass is 9.85. The van der Waals surface area contributed by atoms with Crippen molar-refractivity contribution >= 4 is 5.91 Å². The number of halogens is 3. The van der Waals surface area contributed by atoms with Crippen molar-refractivity contribution in [1.29, 1.82) is 0 Å². The second kappa shape index (κ2) is 6.21. The summed E-state index contributed by atoms with van der Waals surface area (Å²) in [6.45, 7) is 0.